The zero-order valence-corrected chi connectivity index (χ0v) is 13.3. The number of carbonyl (C=O) groups is 1. The maximum atomic E-state index is 12.1. The molecule has 0 aliphatic carbocycles. The van der Waals surface area contributed by atoms with Gasteiger partial charge in [0.15, 0.2) is 0 Å². The van der Waals surface area contributed by atoms with Gasteiger partial charge in [-0.15, -0.1) is 0 Å². The van der Waals surface area contributed by atoms with E-state index in [2.05, 4.69) is 49.1 Å². The molecule has 2 rings (SSSR count). The number of anilines is 1. The molecule has 1 aromatic carbocycles. The first kappa shape index (κ1) is 13.8. The van der Waals surface area contributed by atoms with Crippen molar-refractivity contribution < 1.29 is 4.79 Å². The summed E-state index contributed by atoms with van der Waals surface area (Å²) in [7, 11) is 2.07. The van der Waals surface area contributed by atoms with Crippen LogP contribution in [0, 0.1) is 0 Å². The van der Waals surface area contributed by atoms with Gasteiger partial charge < -0.3 is 15.1 Å². The van der Waals surface area contributed by atoms with Gasteiger partial charge >= 0.3 is 6.03 Å². The summed E-state index contributed by atoms with van der Waals surface area (Å²) >= 11 is 6.81. The molecule has 1 aliphatic rings. The molecule has 6 heteroatoms. The Bertz CT molecular complexity index is 425. The largest absolute Gasteiger partial charge is 0.322 e. The molecular weight excluding hydrogens is 362 g/mol. The topological polar surface area (TPSA) is 35.6 Å². The van der Waals surface area contributed by atoms with Crippen molar-refractivity contribution in [2.24, 2.45) is 0 Å². The highest BCUT2D eigenvalue weighted by atomic mass is 79.9. The van der Waals surface area contributed by atoms with Gasteiger partial charge in [-0.1, -0.05) is 31.9 Å². The summed E-state index contributed by atoms with van der Waals surface area (Å²) in [4.78, 5) is 16.1. The lowest BCUT2D eigenvalue weighted by Crippen LogP contribution is -2.48. The smallest absolute Gasteiger partial charge is 0.321 e. The average molecular weight is 377 g/mol. The first-order valence-electron chi connectivity index (χ1n) is 5.75. The number of rotatable bonds is 1. The van der Waals surface area contributed by atoms with Crippen molar-refractivity contribution in [3.05, 3.63) is 27.1 Å². The molecule has 1 fully saturated rings. The van der Waals surface area contributed by atoms with Gasteiger partial charge in [0.05, 0.1) is 0 Å². The number of hydrogen-bond acceptors (Lipinski definition) is 2. The van der Waals surface area contributed by atoms with Crippen LogP contribution in [0.2, 0.25) is 0 Å². The van der Waals surface area contributed by atoms with Crippen molar-refractivity contribution >= 4 is 43.6 Å². The minimum atomic E-state index is -0.0342. The molecule has 0 bridgehead atoms. The van der Waals surface area contributed by atoms with Crippen LogP contribution in [0.1, 0.15) is 0 Å². The number of carbonyl (C=O) groups excluding carboxylic acids is 1. The van der Waals surface area contributed by atoms with Crippen LogP contribution in [0.4, 0.5) is 10.5 Å². The van der Waals surface area contributed by atoms with Gasteiger partial charge in [-0.05, 0) is 25.2 Å². The number of hydrogen-bond donors (Lipinski definition) is 1. The standard InChI is InChI=1S/C12H15Br2N3O/c1-16-2-4-17(5-3-16)12(18)15-11-7-9(13)6-10(14)8-11/h6-8H,2-5H2,1H3,(H,15,18). The van der Waals surface area contributed by atoms with E-state index in [0.29, 0.717) is 0 Å². The van der Waals surface area contributed by atoms with Gasteiger partial charge in [0.25, 0.3) is 0 Å². The third-order valence-corrected chi connectivity index (χ3v) is 3.82. The molecule has 0 saturated carbocycles. The molecule has 0 aromatic heterocycles. The molecule has 1 N–H and O–H groups in total. The molecule has 0 radical (unpaired) electrons. The van der Waals surface area contributed by atoms with Crippen LogP contribution in [0.3, 0.4) is 0 Å². The lowest BCUT2D eigenvalue weighted by molar-refractivity contribution is 0.164. The van der Waals surface area contributed by atoms with E-state index in [-0.39, 0.29) is 6.03 Å². The molecule has 18 heavy (non-hydrogen) atoms. The molecule has 1 saturated heterocycles. The zero-order valence-electron chi connectivity index (χ0n) is 10.1. The number of nitrogens with one attached hydrogen (secondary N) is 1. The Morgan fingerprint density at radius 1 is 1.11 bits per heavy atom. The summed E-state index contributed by atoms with van der Waals surface area (Å²) < 4.78 is 1.87. The van der Waals surface area contributed by atoms with Crippen molar-refractivity contribution in [2.75, 3.05) is 38.5 Å². The number of amides is 2. The SMILES string of the molecule is CN1CCN(C(=O)Nc2cc(Br)cc(Br)c2)CC1. The van der Waals surface area contributed by atoms with Crippen molar-refractivity contribution in [2.45, 2.75) is 0 Å². The van der Waals surface area contributed by atoms with Crippen LogP contribution in [-0.4, -0.2) is 49.1 Å². The highest BCUT2D eigenvalue weighted by molar-refractivity contribution is 9.11. The number of likely N-dealkylation sites (N-methyl/N-ethyl adjacent to an activating group) is 1. The third kappa shape index (κ3) is 3.70. The quantitative estimate of drug-likeness (QED) is 0.817. The first-order chi connectivity index (χ1) is 8.54. The monoisotopic (exact) mass is 375 g/mol. The lowest BCUT2D eigenvalue weighted by atomic mass is 10.3. The lowest BCUT2D eigenvalue weighted by Gasteiger charge is -2.32. The fraction of sp³-hybridized carbons (Fsp3) is 0.417. The molecule has 1 heterocycles. The summed E-state index contributed by atoms with van der Waals surface area (Å²) in [5, 5.41) is 2.92. The van der Waals surface area contributed by atoms with Crippen LogP contribution in [-0.2, 0) is 0 Å². The van der Waals surface area contributed by atoms with Crippen LogP contribution >= 0.6 is 31.9 Å². The number of halogens is 2. The summed E-state index contributed by atoms with van der Waals surface area (Å²) in [5.41, 5.74) is 0.792. The minimum Gasteiger partial charge on any atom is -0.322 e. The van der Waals surface area contributed by atoms with E-state index in [0.717, 1.165) is 40.8 Å². The Hall–Kier alpha value is -0.590. The molecule has 0 spiro atoms. The Morgan fingerprint density at radius 2 is 1.67 bits per heavy atom. The highest BCUT2D eigenvalue weighted by Crippen LogP contribution is 2.23. The second-order valence-corrected chi connectivity index (χ2v) is 6.21. The van der Waals surface area contributed by atoms with E-state index < -0.39 is 0 Å². The molecule has 98 valence electrons. The van der Waals surface area contributed by atoms with E-state index in [1.807, 2.05) is 23.1 Å². The normalized spacial score (nSPS) is 16.7. The predicted molar refractivity (Wildman–Crippen MR) is 79.9 cm³/mol. The minimum absolute atomic E-state index is 0.0342. The highest BCUT2D eigenvalue weighted by Gasteiger charge is 2.18. The molecular formula is C12H15Br2N3O. The van der Waals surface area contributed by atoms with Crippen molar-refractivity contribution in [1.29, 1.82) is 0 Å². The van der Waals surface area contributed by atoms with Crippen LogP contribution in [0.15, 0.2) is 27.1 Å². The van der Waals surface area contributed by atoms with E-state index in [1.165, 1.54) is 0 Å². The summed E-state index contributed by atoms with van der Waals surface area (Å²) in [6.45, 7) is 3.40. The zero-order chi connectivity index (χ0) is 13.1. The van der Waals surface area contributed by atoms with E-state index in [1.54, 1.807) is 0 Å². The van der Waals surface area contributed by atoms with Crippen molar-refractivity contribution in [3.63, 3.8) is 0 Å². The fourth-order valence-electron chi connectivity index (χ4n) is 1.84. The fourth-order valence-corrected chi connectivity index (χ4v) is 3.13. The second-order valence-electron chi connectivity index (χ2n) is 4.38. The van der Waals surface area contributed by atoms with Gasteiger partial charge in [-0.2, -0.15) is 0 Å². The van der Waals surface area contributed by atoms with Crippen molar-refractivity contribution in [3.8, 4) is 0 Å². The molecule has 2 amide bonds. The molecule has 4 nitrogen and oxygen atoms in total. The van der Waals surface area contributed by atoms with Crippen molar-refractivity contribution in [1.82, 2.24) is 9.80 Å². The maximum Gasteiger partial charge on any atom is 0.321 e. The number of benzene rings is 1. The Kier molecular flexibility index (Phi) is 4.64. The summed E-state index contributed by atoms with van der Waals surface area (Å²) in [6, 6.07) is 5.68. The van der Waals surface area contributed by atoms with Gasteiger partial charge in [-0.3, -0.25) is 0 Å². The molecule has 1 aromatic rings. The van der Waals surface area contributed by atoms with Gasteiger partial charge in [0.1, 0.15) is 0 Å². The Morgan fingerprint density at radius 3 is 2.22 bits per heavy atom. The second kappa shape index (κ2) is 6.04. The number of nitrogens with zero attached hydrogens (tertiary/aromatic N) is 2. The Balaban J connectivity index is 1.98. The van der Waals surface area contributed by atoms with E-state index >= 15 is 0 Å². The summed E-state index contributed by atoms with van der Waals surface area (Å²) in [6.07, 6.45) is 0. The van der Waals surface area contributed by atoms with Gasteiger partial charge in [0.2, 0.25) is 0 Å². The number of urea groups is 1. The molecule has 0 unspecified atom stereocenters. The van der Waals surface area contributed by atoms with Crippen LogP contribution in [0.25, 0.3) is 0 Å². The third-order valence-electron chi connectivity index (χ3n) is 2.90. The van der Waals surface area contributed by atoms with Crippen LogP contribution in [0.5, 0.6) is 0 Å². The van der Waals surface area contributed by atoms with Crippen LogP contribution < -0.4 is 5.32 Å². The number of piperazine rings is 1. The van der Waals surface area contributed by atoms with E-state index in [9.17, 15) is 4.79 Å². The Labute approximate surface area is 124 Å². The molecule has 0 atom stereocenters. The summed E-state index contributed by atoms with van der Waals surface area (Å²) in [5.74, 6) is 0. The molecule has 1 aliphatic heterocycles. The average Bonchev–Trinajstić information content (AvgIpc) is 2.28. The van der Waals surface area contributed by atoms with E-state index in [4.69, 9.17) is 0 Å². The maximum absolute atomic E-state index is 12.1. The van der Waals surface area contributed by atoms with Gasteiger partial charge in [-0.25, -0.2) is 4.79 Å². The predicted octanol–water partition coefficient (Wildman–Crippen LogP) is 2.99. The first-order valence-corrected chi connectivity index (χ1v) is 7.34. The van der Waals surface area contributed by atoms with Gasteiger partial charge in [0, 0.05) is 40.8 Å².